The second-order valence-corrected chi connectivity index (χ2v) is 7.80. The standard InChI is InChI=1S/C24H25N3O3/c1-27-19(13-16-20(29-2)11-12-21(30-3)23(16)27)24(28)26-18-10-6-8-15-14-7-4-5-9-17(14)25-22(15)18/h4-5,7,9,11-13,18,25H,6,8,10H2,1-3H3,(H,26,28)/t18-/m1/s1. The number of hydrogen-bond acceptors (Lipinski definition) is 3. The molecule has 2 aromatic heterocycles. The lowest BCUT2D eigenvalue weighted by Crippen LogP contribution is -2.32. The van der Waals surface area contributed by atoms with Crippen molar-refractivity contribution >= 4 is 27.7 Å². The molecule has 1 aliphatic carbocycles. The number of benzene rings is 2. The molecule has 1 atom stereocenters. The summed E-state index contributed by atoms with van der Waals surface area (Å²) >= 11 is 0. The molecule has 0 saturated carbocycles. The van der Waals surface area contributed by atoms with Crippen molar-refractivity contribution in [1.29, 1.82) is 0 Å². The van der Waals surface area contributed by atoms with E-state index in [1.54, 1.807) is 14.2 Å². The van der Waals surface area contributed by atoms with Gasteiger partial charge in [-0.15, -0.1) is 0 Å². The number of fused-ring (bicyclic) bond motifs is 4. The Morgan fingerprint density at radius 2 is 1.87 bits per heavy atom. The van der Waals surface area contributed by atoms with Crippen LogP contribution in [0.2, 0.25) is 0 Å². The molecule has 0 saturated heterocycles. The minimum Gasteiger partial charge on any atom is -0.496 e. The number of carbonyl (C=O) groups is 1. The highest BCUT2D eigenvalue weighted by molar-refractivity contribution is 6.02. The predicted molar refractivity (Wildman–Crippen MR) is 117 cm³/mol. The van der Waals surface area contributed by atoms with Crippen molar-refractivity contribution in [2.24, 2.45) is 7.05 Å². The lowest BCUT2D eigenvalue weighted by atomic mass is 9.91. The molecule has 2 heterocycles. The third kappa shape index (κ3) is 2.75. The van der Waals surface area contributed by atoms with Gasteiger partial charge in [-0.1, -0.05) is 18.2 Å². The number of methoxy groups -OCH3 is 2. The fourth-order valence-corrected chi connectivity index (χ4v) is 4.76. The van der Waals surface area contributed by atoms with E-state index in [1.807, 2.05) is 35.9 Å². The molecular formula is C24H25N3O3. The molecule has 5 rings (SSSR count). The third-order valence-corrected chi connectivity index (χ3v) is 6.21. The summed E-state index contributed by atoms with van der Waals surface area (Å²) in [6.07, 6.45) is 3.01. The van der Waals surface area contributed by atoms with Crippen molar-refractivity contribution in [2.45, 2.75) is 25.3 Å². The summed E-state index contributed by atoms with van der Waals surface area (Å²) in [4.78, 5) is 16.8. The average molecular weight is 403 g/mol. The summed E-state index contributed by atoms with van der Waals surface area (Å²) in [7, 11) is 5.15. The first-order valence-corrected chi connectivity index (χ1v) is 10.2. The van der Waals surface area contributed by atoms with Gasteiger partial charge in [-0.25, -0.2) is 0 Å². The van der Waals surface area contributed by atoms with Gasteiger partial charge in [0, 0.05) is 29.0 Å². The van der Waals surface area contributed by atoms with E-state index in [9.17, 15) is 4.79 Å². The zero-order chi connectivity index (χ0) is 20.8. The van der Waals surface area contributed by atoms with Gasteiger partial charge in [-0.05, 0) is 49.1 Å². The van der Waals surface area contributed by atoms with Gasteiger partial charge in [0.25, 0.3) is 5.91 Å². The van der Waals surface area contributed by atoms with E-state index in [0.717, 1.165) is 47.1 Å². The van der Waals surface area contributed by atoms with Crippen LogP contribution in [0.4, 0.5) is 0 Å². The zero-order valence-corrected chi connectivity index (χ0v) is 17.4. The zero-order valence-electron chi connectivity index (χ0n) is 17.4. The van der Waals surface area contributed by atoms with Crippen molar-refractivity contribution in [2.75, 3.05) is 14.2 Å². The Kier molecular flexibility index (Phi) is 4.42. The Morgan fingerprint density at radius 1 is 1.10 bits per heavy atom. The van der Waals surface area contributed by atoms with E-state index in [-0.39, 0.29) is 11.9 Å². The summed E-state index contributed by atoms with van der Waals surface area (Å²) in [5.74, 6) is 1.33. The number of carbonyl (C=O) groups excluding carboxylic acids is 1. The fraction of sp³-hybridized carbons (Fsp3) is 0.292. The first kappa shape index (κ1) is 18.6. The lowest BCUT2D eigenvalue weighted by molar-refractivity contribution is 0.0924. The number of hydrogen-bond donors (Lipinski definition) is 2. The van der Waals surface area contributed by atoms with Crippen LogP contribution in [0.5, 0.6) is 11.5 Å². The molecule has 0 aliphatic heterocycles. The number of rotatable bonds is 4. The fourth-order valence-electron chi connectivity index (χ4n) is 4.76. The molecule has 0 spiro atoms. The maximum absolute atomic E-state index is 13.3. The van der Waals surface area contributed by atoms with E-state index in [4.69, 9.17) is 9.47 Å². The number of amides is 1. The van der Waals surface area contributed by atoms with Crippen molar-refractivity contribution in [3.8, 4) is 11.5 Å². The largest absolute Gasteiger partial charge is 0.496 e. The number of ether oxygens (including phenoxy) is 2. The summed E-state index contributed by atoms with van der Waals surface area (Å²) < 4.78 is 12.9. The van der Waals surface area contributed by atoms with Gasteiger partial charge in [0.05, 0.1) is 25.8 Å². The predicted octanol–water partition coefficient (Wildman–Crippen LogP) is 4.48. The number of H-pyrrole nitrogens is 1. The van der Waals surface area contributed by atoms with E-state index in [0.29, 0.717) is 11.4 Å². The average Bonchev–Trinajstić information content (AvgIpc) is 3.32. The molecule has 0 radical (unpaired) electrons. The van der Waals surface area contributed by atoms with Crippen LogP contribution >= 0.6 is 0 Å². The Bertz CT molecular complexity index is 1270. The van der Waals surface area contributed by atoms with Gasteiger partial charge >= 0.3 is 0 Å². The van der Waals surface area contributed by atoms with Crippen LogP contribution in [0.3, 0.4) is 0 Å². The topological polar surface area (TPSA) is 68.3 Å². The first-order chi connectivity index (χ1) is 14.6. The van der Waals surface area contributed by atoms with Crippen LogP contribution in [0.25, 0.3) is 21.8 Å². The molecule has 1 aliphatic rings. The van der Waals surface area contributed by atoms with Crippen LogP contribution in [-0.2, 0) is 13.5 Å². The SMILES string of the molecule is COc1ccc(OC)c2c1cc(C(=O)N[C@@H]1CCCc3c1[nH]c1ccccc31)n2C. The van der Waals surface area contributed by atoms with Crippen molar-refractivity contribution in [1.82, 2.24) is 14.9 Å². The molecule has 6 nitrogen and oxygen atoms in total. The molecule has 4 aromatic rings. The van der Waals surface area contributed by atoms with Gasteiger partial charge in [0.1, 0.15) is 17.2 Å². The van der Waals surface area contributed by atoms with E-state index >= 15 is 0 Å². The van der Waals surface area contributed by atoms with Crippen LogP contribution in [0, 0.1) is 0 Å². The van der Waals surface area contributed by atoms with Gasteiger partial charge in [0.2, 0.25) is 0 Å². The molecule has 0 unspecified atom stereocenters. The monoisotopic (exact) mass is 403 g/mol. The van der Waals surface area contributed by atoms with Crippen molar-refractivity contribution in [3.63, 3.8) is 0 Å². The molecular weight excluding hydrogens is 378 g/mol. The van der Waals surface area contributed by atoms with Gasteiger partial charge in [-0.2, -0.15) is 0 Å². The maximum atomic E-state index is 13.3. The highest BCUT2D eigenvalue weighted by Gasteiger charge is 2.27. The molecule has 2 N–H and O–H groups in total. The van der Waals surface area contributed by atoms with Crippen molar-refractivity contribution < 1.29 is 14.3 Å². The summed E-state index contributed by atoms with van der Waals surface area (Å²) in [5, 5.41) is 5.37. The molecule has 154 valence electrons. The third-order valence-electron chi connectivity index (χ3n) is 6.21. The minimum atomic E-state index is -0.102. The summed E-state index contributed by atoms with van der Waals surface area (Å²) in [6, 6.07) is 13.9. The van der Waals surface area contributed by atoms with Crippen molar-refractivity contribution in [3.05, 3.63) is 59.4 Å². The van der Waals surface area contributed by atoms with Gasteiger partial charge in [-0.3, -0.25) is 4.79 Å². The second kappa shape index (κ2) is 7.13. The van der Waals surface area contributed by atoms with Crippen LogP contribution in [-0.4, -0.2) is 29.7 Å². The van der Waals surface area contributed by atoms with Gasteiger partial charge in [0.15, 0.2) is 0 Å². The van der Waals surface area contributed by atoms with Crippen LogP contribution < -0.4 is 14.8 Å². The molecule has 0 fully saturated rings. The Morgan fingerprint density at radius 3 is 2.67 bits per heavy atom. The Hall–Kier alpha value is -3.41. The number of aromatic amines is 1. The number of para-hydroxylation sites is 1. The van der Waals surface area contributed by atoms with E-state index in [2.05, 4.69) is 28.5 Å². The number of nitrogens with one attached hydrogen (secondary N) is 2. The lowest BCUT2D eigenvalue weighted by Gasteiger charge is -2.24. The number of nitrogens with zero attached hydrogens (tertiary/aromatic N) is 1. The summed E-state index contributed by atoms with van der Waals surface area (Å²) in [6.45, 7) is 0. The molecule has 0 bridgehead atoms. The van der Waals surface area contributed by atoms with Crippen LogP contribution in [0.1, 0.15) is 40.6 Å². The van der Waals surface area contributed by atoms with Gasteiger partial charge < -0.3 is 24.3 Å². The quantitative estimate of drug-likeness (QED) is 0.528. The molecule has 6 heteroatoms. The molecule has 1 amide bonds. The minimum absolute atomic E-state index is 0.0320. The first-order valence-electron chi connectivity index (χ1n) is 10.2. The van der Waals surface area contributed by atoms with E-state index < -0.39 is 0 Å². The van der Waals surface area contributed by atoms with E-state index in [1.165, 1.54) is 10.9 Å². The smallest absolute Gasteiger partial charge is 0.268 e. The second-order valence-electron chi connectivity index (χ2n) is 7.80. The number of aryl methyl sites for hydroxylation is 2. The molecule has 30 heavy (non-hydrogen) atoms. The van der Waals surface area contributed by atoms with Crippen LogP contribution in [0.15, 0.2) is 42.5 Å². The normalized spacial score (nSPS) is 15.9. The highest BCUT2D eigenvalue weighted by Crippen LogP contribution is 2.37. The number of aromatic nitrogens is 2. The molecule has 2 aromatic carbocycles. The Labute approximate surface area is 174 Å². The Balaban J connectivity index is 1.53. The maximum Gasteiger partial charge on any atom is 0.268 e. The highest BCUT2D eigenvalue weighted by atomic mass is 16.5. The summed E-state index contributed by atoms with van der Waals surface area (Å²) in [5.41, 5.74) is 5.00.